The SMILES string of the molecule is Cc1cccc(C(C)C)c1NC(=O)Cc1cccc2ccccc12. The standard InChI is InChI=1S/C22H23NO/c1-15(2)19-13-6-8-16(3)22(19)23-21(24)14-18-11-7-10-17-9-4-5-12-20(17)18/h4-13,15H,14H2,1-3H3,(H,23,24). The summed E-state index contributed by atoms with van der Waals surface area (Å²) in [5.41, 5.74) is 4.30. The molecular formula is C22H23NO. The van der Waals surface area contributed by atoms with Gasteiger partial charge in [-0.2, -0.15) is 0 Å². The Labute approximate surface area is 143 Å². The van der Waals surface area contributed by atoms with E-state index in [1.54, 1.807) is 0 Å². The van der Waals surface area contributed by atoms with E-state index in [4.69, 9.17) is 0 Å². The van der Waals surface area contributed by atoms with E-state index in [-0.39, 0.29) is 5.91 Å². The molecule has 0 fully saturated rings. The minimum atomic E-state index is 0.0301. The summed E-state index contributed by atoms with van der Waals surface area (Å²) in [4.78, 5) is 12.6. The maximum atomic E-state index is 12.6. The fourth-order valence-electron chi connectivity index (χ4n) is 3.15. The average Bonchev–Trinajstić information content (AvgIpc) is 2.57. The van der Waals surface area contributed by atoms with Crippen LogP contribution in [0.15, 0.2) is 60.7 Å². The fraction of sp³-hybridized carbons (Fsp3) is 0.227. The predicted octanol–water partition coefficient (Wildman–Crippen LogP) is 5.45. The van der Waals surface area contributed by atoms with E-state index >= 15 is 0 Å². The third-order valence-electron chi connectivity index (χ3n) is 4.42. The molecular weight excluding hydrogens is 294 g/mol. The van der Waals surface area contributed by atoms with Crippen LogP contribution in [0.4, 0.5) is 5.69 Å². The summed E-state index contributed by atoms with van der Waals surface area (Å²) in [6, 6.07) is 20.5. The molecule has 0 aliphatic heterocycles. The number of para-hydroxylation sites is 1. The summed E-state index contributed by atoms with van der Waals surface area (Å²) in [6.45, 7) is 6.34. The van der Waals surface area contributed by atoms with Crippen molar-refractivity contribution in [3.05, 3.63) is 77.4 Å². The van der Waals surface area contributed by atoms with Gasteiger partial charge in [-0.25, -0.2) is 0 Å². The summed E-state index contributed by atoms with van der Waals surface area (Å²) in [6.07, 6.45) is 0.382. The van der Waals surface area contributed by atoms with E-state index in [1.165, 1.54) is 10.9 Å². The number of aryl methyl sites for hydroxylation is 1. The number of nitrogens with one attached hydrogen (secondary N) is 1. The smallest absolute Gasteiger partial charge is 0.228 e. The van der Waals surface area contributed by atoms with Gasteiger partial charge in [0, 0.05) is 5.69 Å². The first-order chi connectivity index (χ1) is 11.6. The van der Waals surface area contributed by atoms with E-state index in [2.05, 4.69) is 43.4 Å². The molecule has 2 heteroatoms. The van der Waals surface area contributed by atoms with E-state index in [0.717, 1.165) is 22.2 Å². The largest absolute Gasteiger partial charge is 0.325 e. The Morgan fingerprint density at radius 2 is 1.67 bits per heavy atom. The molecule has 0 saturated carbocycles. The van der Waals surface area contributed by atoms with Crippen LogP contribution in [0.5, 0.6) is 0 Å². The highest BCUT2D eigenvalue weighted by Crippen LogP contribution is 2.28. The van der Waals surface area contributed by atoms with Gasteiger partial charge in [-0.05, 0) is 40.3 Å². The first-order valence-corrected chi connectivity index (χ1v) is 8.42. The maximum Gasteiger partial charge on any atom is 0.228 e. The van der Waals surface area contributed by atoms with Gasteiger partial charge < -0.3 is 5.32 Å². The van der Waals surface area contributed by atoms with Gasteiger partial charge in [-0.1, -0.05) is 74.5 Å². The molecule has 2 nitrogen and oxygen atoms in total. The van der Waals surface area contributed by atoms with Crippen molar-refractivity contribution in [2.24, 2.45) is 0 Å². The molecule has 3 aromatic rings. The lowest BCUT2D eigenvalue weighted by molar-refractivity contribution is -0.115. The Balaban J connectivity index is 1.86. The molecule has 0 bridgehead atoms. The summed E-state index contributed by atoms with van der Waals surface area (Å²) in [5.74, 6) is 0.403. The molecule has 0 aliphatic rings. The zero-order valence-corrected chi connectivity index (χ0v) is 14.5. The Morgan fingerprint density at radius 1 is 0.958 bits per heavy atom. The molecule has 3 rings (SSSR count). The van der Waals surface area contributed by atoms with Crippen LogP contribution < -0.4 is 5.32 Å². The average molecular weight is 317 g/mol. The summed E-state index contributed by atoms with van der Waals surface area (Å²) >= 11 is 0. The molecule has 1 N–H and O–H groups in total. The molecule has 122 valence electrons. The zero-order valence-electron chi connectivity index (χ0n) is 14.5. The number of rotatable bonds is 4. The van der Waals surface area contributed by atoms with Crippen molar-refractivity contribution >= 4 is 22.4 Å². The molecule has 0 saturated heterocycles. The van der Waals surface area contributed by atoms with Crippen LogP contribution in [-0.2, 0) is 11.2 Å². The van der Waals surface area contributed by atoms with E-state index in [0.29, 0.717) is 12.3 Å². The van der Waals surface area contributed by atoms with Crippen LogP contribution in [-0.4, -0.2) is 5.91 Å². The second kappa shape index (κ2) is 6.88. The fourth-order valence-corrected chi connectivity index (χ4v) is 3.15. The number of benzene rings is 3. The van der Waals surface area contributed by atoms with Crippen LogP contribution in [0.1, 0.15) is 36.5 Å². The van der Waals surface area contributed by atoms with Crippen molar-refractivity contribution in [3.63, 3.8) is 0 Å². The van der Waals surface area contributed by atoms with Crippen LogP contribution in [0, 0.1) is 6.92 Å². The molecule has 3 aromatic carbocycles. The quantitative estimate of drug-likeness (QED) is 0.681. The van der Waals surface area contributed by atoms with Gasteiger partial charge in [0.25, 0.3) is 0 Å². The van der Waals surface area contributed by atoms with Crippen molar-refractivity contribution in [1.29, 1.82) is 0 Å². The molecule has 0 radical (unpaired) electrons. The molecule has 0 spiro atoms. The summed E-state index contributed by atoms with van der Waals surface area (Å²) < 4.78 is 0. The first kappa shape index (κ1) is 16.3. The summed E-state index contributed by atoms with van der Waals surface area (Å²) in [7, 11) is 0. The molecule has 0 aromatic heterocycles. The van der Waals surface area contributed by atoms with Crippen molar-refractivity contribution in [3.8, 4) is 0 Å². The van der Waals surface area contributed by atoms with Gasteiger partial charge in [0.05, 0.1) is 6.42 Å². The molecule has 0 unspecified atom stereocenters. The third kappa shape index (κ3) is 3.33. The lowest BCUT2D eigenvalue weighted by Crippen LogP contribution is -2.17. The molecule has 0 aliphatic carbocycles. The van der Waals surface area contributed by atoms with E-state index in [1.807, 2.05) is 43.3 Å². The first-order valence-electron chi connectivity index (χ1n) is 8.42. The monoisotopic (exact) mass is 317 g/mol. The van der Waals surface area contributed by atoms with Gasteiger partial charge >= 0.3 is 0 Å². The van der Waals surface area contributed by atoms with E-state index < -0.39 is 0 Å². The Morgan fingerprint density at radius 3 is 2.46 bits per heavy atom. The molecule has 0 heterocycles. The number of hydrogen-bond acceptors (Lipinski definition) is 1. The third-order valence-corrected chi connectivity index (χ3v) is 4.42. The minimum absolute atomic E-state index is 0.0301. The highest BCUT2D eigenvalue weighted by atomic mass is 16.1. The van der Waals surface area contributed by atoms with Crippen molar-refractivity contribution in [2.75, 3.05) is 5.32 Å². The van der Waals surface area contributed by atoms with Crippen LogP contribution in [0.2, 0.25) is 0 Å². The van der Waals surface area contributed by atoms with Crippen molar-refractivity contribution < 1.29 is 4.79 Å². The number of carbonyl (C=O) groups is 1. The highest BCUT2D eigenvalue weighted by Gasteiger charge is 2.13. The Kier molecular flexibility index (Phi) is 4.66. The number of amides is 1. The summed E-state index contributed by atoms with van der Waals surface area (Å²) in [5, 5.41) is 5.45. The van der Waals surface area contributed by atoms with Crippen LogP contribution in [0.3, 0.4) is 0 Å². The van der Waals surface area contributed by atoms with Gasteiger partial charge in [-0.15, -0.1) is 0 Å². The van der Waals surface area contributed by atoms with Crippen molar-refractivity contribution in [1.82, 2.24) is 0 Å². The molecule has 1 amide bonds. The lowest BCUT2D eigenvalue weighted by Gasteiger charge is -2.16. The number of fused-ring (bicyclic) bond motifs is 1. The van der Waals surface area contributed by atoms with Gasteiger partial charge in [0.1, 0.15) is 0 Å². The van der Waals surface area contributed by atoms with Gasteiger partial charge in [-0.3, -0.25) is 4.79 Å². The number of carbonyl (C=O) groups excluding carboxylic acids is 1. The Hall–Kier alpha value is -2.61. The number of anilines is 1. The highest BCUT2D eigenvalue weighted by molar-refractivity contribution is 5.97. The second-order valence-electron chi connectivity index (χ2n) is 6.56. The molecule has 24 heavy (non-hydrogen) atoms. The van der Waals surface area contributed by atoms with Gasteiger partial charge in [0.15, 0.2) is 0 Å². The van der Waals surface area contributed by atoms with Crippen LogP contribution in [0.25, 0.3) is 10.8 Å². The van der Waals surface area contributed by atoms with Crippen LogP contribution >= 0.6 is 0 Å². The topological polar surface area (TPSA) is 29.1 Å². The minimum Gasteiger partial charge on any atom is -0.325 e. The predicted molar refractivity (Wildman–Crippen MR) is 102 cm³/mol. The molecule has 0 atom stereocenters. The zero-order chi connectivity index (χ0) is 17.1. The van der Waals surface area contributed by atoms with E-state index in [9.17, 15) is 4.79 Å². The van der Waals surface area contributed by atoms with Gasteiger partial charge in [0.2, 0.25) is 5.91 Å². The second-order valence-corrected chi connectivity index (χ2v) is 6.56. The maximum absolute atomic E-state index is 12.6. The lowest BCUT2D eigenvalue weighted by atomic mass is 9.97. The Bertz CT molecular complexity index is 875. The number of hydrogen-bond donors (Lipinski definition) is 1. The van der Waals surface area contributed by atoms with Crippen molar-refractivity contribution in [2.45, 2.75) is 33.1 Å². The normalized spacial score (nSPS) is 11.0.